The second-order valence-corrected chi connectivity index (χ2v) is 6.03. The third-order valence-electron chi connectivity index (χ3n) is 3.60. The fourth-order valence-corrected chi connectivity index (χ4v) is 2.37. The first-order valence-electron chi connectivity index (χ1n) is 7.89. The molecule has 1 aromatic rings. The standard InChI is InChI=1S/C16H27N3O2/c1-13(2)12-18-16(19-9-6-14(20)7-10-19)17-8-5-15-4-3-11-21-15/h3-4,11,13-14,20H,5-10,12H2,1-2H3,(H,17,18). The highest BCUT2D eigenvalue weighted by Crippen LogP contribution is 2.10. The molecule has 1 aliphatic heterocycles. The van der Waals surface area contributed by atoms with Crippen molar-refractivity contribution in [1.29, 1.82) is 0 Å². The Hall–Kier alpha value is -1.49. The van der Waals surface area contributed by atoms with Crippen molar-refractivity contribution in [2.24, 2.45) is 10.9 Å². The maximum atomic E-state index is 9.63. The van der Waals surface area contributed by atoms with Crippen molar-refractivity contribution in [1.82, 2.24) is 10.2 Å². The second-order valence-electron chi connectivity index (χ2n) is 6.03. The highest BCUT2D eigenvalue weighted by molar-refractivity contribution is 5.80. The van der Waals surface area contributed by atoms with Gasteiger partial charge in [0.1, 0.15) is 5.76 Å². The lowest BCUT2D eigenvalue weighted by Gasteiger charge is -2.32. The second kappa shape index (κ2) is 8.08. The molecule has 0 bridgehead atoms. The molecule has 0 aromatic carbocycles. The highest BCUT2D eigenvalue weighted by Gasteiger charge is 2.19. The van der Waals surface area contributed by atoms with Gasteiger partial charge in [-0.15, -0.1) is 0 Å². The number of furan rings is 1. The predicted octanol–water partition coefficient (Wildman–Crippen LogP) is 1.88. The van der Waals surface area contributed by atoms with Crippen LogP contribution in [0.4, 0.5) is 0 Å². The molecule has 1 fully saturated rings. The number of nitrogens with one attached hydrogen (secondary N) is 1. The van der Waals surface area contributed by atoms with E-state index < -0.39 is 0 Å². The van der Waals surface area contributed by atoms with E-state index in [2.05, 4.69) is 24.1 Å². The van der Waals surface area contributed by atoms with E-state index in [4.69, 9.17) is 9.41 Å². The molecule has 0 saturated carbocycles. The summed E-state index contributed by atoms with van der Waals surface area (Å²) < 4.78 is 5.35. The van der Waals surface area contributed by atoms with Crippen LogP contribution in [0, 0.1) is 5.92 Å². The maximum Gasteiger partial charge on any atom is 0.193 e. The number of aliphatic hydroxyl groups is 1. The van der Waals surface area contributed by atoms with Crippen molar-refractivity contribution in [2.45, 2.75) is 39.2 Å². The van der Waals surface area contributed by atoms with Crippen molar-refractivity contribution >= 4 is 5.96 Å². The SMILES string of the molecule is CC(C)CN=C(NCCc1ccco1)N1CCC(O)CC1. The van der Waals surface area contributed by atoms with Crippen LogP contribution in [0.3, 0.4) is 0 Å². The summed E-state index contributed by atoms with van der Waals surface area (Å²) in [6.45, 7) is 7.71. The molecule has 0 radical (unpaired) electrons. The summed E-state index contributed by atoms with van der Waals surface area (Å²) >= 11 is 0. The van der Waals surface area contributed by atoms with Gasteiger partial charge in [0.25, 0.3) is 0 Å². The fourth-order valence-electron chi connectivity index (χ4n) is 2.37. The quantitative estimate of drug-likeness (QED) is 0.643. The normalized spacial score (nSPS) is 17.5. The van der Waals surface area contributed by atoms with E-state index in [0.717, 1.165) is 57.2 Å². The summed E-state index contributed by atoms with van der Waals surface area (Å²) in [4.78, 5) is 6.96. The molecule has 5 nitrogen and oxygen atoms in total. The minimum atomic E-state index is -0.157. The van der Waals surface area contributed by atoms with Crippen LogP contribution in [0.2, 0.25) is 0 Å². The Balaban J connectivity index is 1.87. The van der Waals surface area contributed by atoms with Crippen LogP contribution >= 0.6 is 0 Å². The number of nitrogens with zero attached hydrogens (tertiary/aromatic N) is 2. The number of aliphatic imine (C=N–C) groups is 1. The summed E-state index contributed by atoms with van der Waals surface area (Å²) in [6.07, 6.45) is 4.04. The third-order valence-corrected chi connectivity index (χ3v) is 3.60. The minimum Gasteiger partial charge on any atom is -0.469 e. The molecule has 1 saturated heterocycles. The molecule has 2 N–H and O–H groups in total. The van der Waals surface area contributed by atoms with Gasteiger partial charge in [0.2, 0.25) is 0 Å². The molecular formula is C16H27N3O2. The summed E-state index contributed by atoms with van der Waals surface area (Å²) in [5, 5.41) is 13.1. The molecule has 1 aliphatic rings. The summed E-state index contributed by atoms with van der Waals surface area (Å²) in [5.41, 5.74) is 0. The Morgan fingerprint density at radius 1 is 1.48 bits per heavy atom. The average Bonchev–Trinajstić information content (AvgIpc) is 2.97. The number of aliphatic hydroxyl groups excluding tert-OH is 1. The molecule has 2 heterocycles. The van der Waals surface area contributed by atoms with E-state index in [-0.39, 0.29) is 6.10 Å². The van der Waals surface area contributed by atoms with Crippen LogP contribution in [0.15, 0.2) is 27.8 Å². The van der Waals surface area contributed by atoms with Gasteiger partial charge in [-0.3, -0.25) is 4.99 Å². The first-order valence-corrected chi connectivity index (χ1v) is 7.89. The van der Waals surface area contributed by atoms with Crippen LogP contribution < -0.4 is 5.32 Å². The van der Waals surface area contributed by atoms with E-state index in [1.54, 1.807) is 6.26 Å². The molecule has 0 aliphatic carbocycles. The average molecular weight is 293 g/mol. The van der Waals surface area contributed by atoms with E-state index in [1.165, 1.54) is 0 Å². The summed E-state index contributed by atoms with van der Waals surface area (Å²) in [7, 11) is 0. The lowest BCUT2D eigenvalue weighted by Crippen LogP contribution is -2.47. The molecule has 5 heteroatoms. The van der Waals surface area contributed by atoms with Crippen molar-refractivity contribution in [2.75, 3.05) is 26.2 Å². The predicted molar refractivity (Wildman–Crippen MR) is 84.4 cm³/mol. The zero-order chi connectivity index (χ0) is 15.1. The monoisotopic (exact) mass is 293 g/mol. The Labute approximate surface area is 127 Å². The van der Waals surface area contributed by atoms with Gasteiger partial charge in [-0.25, -0.2) is 0 Å². The number of likely N-dealkylation sites (tertiary alicyclic amines) is 1. The Kier molecular flexibility index (Phi) is 6.11. The highest BCUT2D eigenvalue weighted by atomic mass is 16.3. The number of piperidine rings is 1. The molecule has 1 aromatic heterocycles. The zero-order valence-electron chi connectivity index (χ0n) is 13.1. The van der Waals surface area contributed by atoms with E-state index in [9.17, 15) is 5.11 Å². The molecule has 0 amide bonds. The van der Waals surface area contributed by atoms with Gasteiger partial charge < -0.3 is 19.7 Å². The van der Waals surface area contributed by atoms with Gasteiger partial charge in [0, 0.05) is 32.6 Å². The minimum absolute atomic E-state index is 0.157. The van der Waals surface area contributed by atoms with Crippen molar-refractivity contribution < 1.29 is 9.52 Å². The topological polar surface area (TPSA) is 61.0 Å². The maximum absolute atomic E-state index is 9.63. The van der Waals surface area contributed by atoms with Gasteiger partial charge in [0.05, 0.1) is 12.4 Å². The lowest BCUT2D eigenvalue weighted by atomic mass is 10.1. The number of hydrogen-bond donors (Lipinski definition) is 2. The van der Waals surface area contributed by atoms with Crippen molar-refractivity contribution in [3.8, 4) is 0 Å². The first-order chi connectivity index (χ1) is 10.1. The van der Waals surface area contributed by atoms with Gasteiger partial charge in [0.15, 0.2) is 5.96 Å². The van der Waals surface area contributed by atoms with Crippen LogP contribution in [0.1, 0.15) is 32.4 Å². The largest absolute Gasteiger partial charge is 0.469 e. The Bertz CT molecular complexity index is 421. The number of guanidine groups is 1. The van der Waals surface area contributed by atoms with Gasteiger partial charge in [-0.2, -0.15) is 0 Å². The van der Waals surface area contributed by atoms with Crippen molar-refractivity contribution in [3.63, 3.8) is 0 Å². The van der Waals surface area contributed by atoms with E-state index in [0.29, 0.717) is 5.92 Å². The lowest BCUT2D eigenvalue weighted by molar-refractivity contribution is 0.108. The van der Waals surface area contributed by atoms with Crippen LogP contribution in [0.25, 0.3) is 0 Å². The van der Waals surface area contributed by atoms with Gasteiger partial charge >= 0.3 is 0 Å². The molecule has 21 heavy (non-hydrogen) atoms. The smallest absolute Gasteiger partial charge is 0.193 e. The fraction of sp³-hybridized carbons (Fsp3) is 0.688. The van der Waals surface area contributed by atoms with E-state index >= 15 is 0 Å². The van der Waals surface area contributed by atoms with Crippen molar-refractivity contribution in [3.05, 3.63) is 24.2 Å². The molecule has 0 unspecified atom stereocenters. The Morgan fingerprint density at radius 3 is 2.86 bits per heavy atom. The Morgan fingerprint density at radius 2 is 2.24 bits per heavy atom. The zero-order valence-corrected chi connectivity index (χ0v) is 13.1. The van der Waals surface area contributed by atoms with Crippen LogP contribution in [-0.4, -0.2) is 48.2 Å². The summed E-state index contributed by atoms with van der Waals surface area (Å²) in [5.74, 6) is 2.49. The molecule has 2 rings (SSSR count). The molecule has 0 atom stereocenters. The molecule has 118 valence electrons. The molecule has 0 spiro atoms. The van der Waals surface area contributed by atoms with Gasteiger partial charge in [-0.05, 0) is 30.9 Å². The first kappa shape index (κ1) is 15.9. The van der Waals surface area contributed by atoms with Gasteiger partial charge in [-0.1, -0.05) is 13.8 Å². The van der Waals surface area contributed by atoms with Crippen LogP contribution in [-0.2, 0) is 6.42 Å². The van der Waals surface area contributed by atoms with Crippen LogP contribution in [0.5, 0.6) is 0 Å². The summed E-state index contributed by atoms with van der Waals surface area (Å²) in [6, 6.07) is 3.90. The number of hydrogen-bond acceptors (Lipinski definition) is 3. The third kappa shape index (κ3) is 5.42. The molecular weight excluding hydrogens is 266 g/mol. The number of rotatable bonds is 5. The van der Waals surface area contributed by atoms with E-state index in [1.807, 2.05) is 12.1 Å².